The van der Waals surface area contributed by atoms with Gasteiger partial charge >= 0.3 is 5.97 Å². The van der Waals surface area contributed by atoms with E-state index < -0.39 is 5.97 Å². The molecule has 0 saturated heterocycles. The summed E-state index contributed by atoms with van der Waals surface area (Å²) in [5.41, 5.74) is 3.43. The summed E-state index contributed by atoms with van der Waals surface area (Å²) in [5, 5.41) is 9.14. The molecule has 0 aromatic heterocycles. The Hall–Kier alpha value is -1.51. The zero-order chi connectivity index (χ0) is 13.5. The number of anilines is 1. The van der Waals surface area contributed by atoms with Crippen molar-refractivity contribution in [1.82, 2.24) is 0 Å². The standard InChI is InChI=1S/C15H21NO2/c1-10-6-5-7-12-11(2)8-15(3,4)16(14(10)12)9-13(17)18/h5-7,11H,8-9H2,1-4H3,(H,17,18). The normalized spacial score (nSPS) is 21.6. The first-order chi connectivity index (χ1) is 8.33. The molecule has 1 aliphatic rings. The maximum Gasteiger partial charge on any atom is 0.323 e. The molecule has 18 heavy (non-hydrogen) atoms. The van der Waals surface area contributed by atoms with E-state index >= 15 is 0 Å². The number of benzene rings is 1. The number of hydrogen-bond donors (Lipinski definition) is 1. The Morgan fingerprint density at radius 3 is 2.78 bits per heavy atom. The molecule has 1 heterocycles. The van der Waals surface area contributed by atoms with Gasteiger partial charge in [-0.25, -0.2) is 0 Å². The van der Waals surface area contributed by atoms with Gasteiger partial charge in [0.25, 0.3) is 0 Å². The molecule has 0 saturated carbocycles. The van der Waals surface area contributed by atoms with Crippen LogP contribution in [0.15, 0.2) is 18.2 Å². The van der Waals surface area contributed by atoms with Crippen LogP contribution in [0.4, 0.5) is 5.69 Å². The second kappa shape index (κ2) is 4.30. The van der Waals surface area contributed by atoms with E-state index in [-0.39, 0.29) is 12.1 Å². The zero-order valence-electron chi connectivity index (χ0n) is 11.5. The molecule has 0 amide bonds. The summed E-state index contributed by atoms with van der Waals surface area (Å²) in [4.78, 5) is 13.2. The number of nitrogens with zero attached hydrogens (tertiary/aromatic N) is 1. The number of rotatable bonds is 2. The van der Waals surface area contributed by atoms with E-state index in [0.717, 1.165) is 17.7 Å². The van der Waals surface area contributed by atoms with E-state index in [1.54, 1.807) is 0 Å². The van der Waals surface area contributed by atoms with Crippen LogP contribution in [0.2, 0.25) is 0 Å². The third-order valence-corrected chi connectivity index (χ3v) is 3.90. The molecule has 1 unspecified atom stereocenters. The average Bonchev–Trinajstić information content (AvgIpc) is 2.23. The molecule has 98 valence electrons. The van der Waals surface area contributed by atoms with Crippen molar-refractivity contribution in [3.8, 4) is 0 Å². The van der Waals surface area contributed by atoms with Gasteiger partial charge in [-0.2, -0.15) is 0 Å². The highest BCUT2D eigenvalue weighted by molar-refractivity contribution is 5.77. The lowest BCUT2D eigenvalue weighted by Crippen LogP contribution is -2.50. The van der Waals surface area contributed by atoms with Crippen LogP contribution < -0.4 is 4.90 Å². The minimum atomic E-state index is -0.771. The Bertz CT molecular complexity index is 479. The lowest BCUT2D eigenvalue weighted by Gasteiger charge is -2.47. The molecule has 1 atom stereocenters. The maximum atomic E-state index is 11.1. The van der Waals surface area contributed by atoms with Crippen molar-refractivity contribution >= 4 is 11.7 Å². The average molecular weight is 247 g/mol. The molecule has 0 radical (unpaired) electrons. The van der Waals surface area contributed by atoms with Crippen LogP contribution in [0.25, 0.3) is 0 Å². The van der Waals surface area contributed by atoms with Gasteiger partial charge in [-0.3, -0.25) is 4.79 Å². The predicted octanol–water partition coefficient (Wildman–Crippen LogP) is 3.17. The smallest absolute Gasteiger partial charge is 0.323 e. The molecule has 1 N–H and O–H groups in total. The second-order valence-electron chi connectivity index (χ2n) is 5.91. The Labute approximate surface area is 108 Å². The van der Waals surface area contributed by atoms with E-state index in [1.807, 2.05) is 4.90 Å². The summed E-state index contributed by atoms with van der Waals surface area (Å²) >= 11 is 0. The van der Waals surface area contributed by atoms with Gasteiger partial charge in [-0.05, 0) is 44.2 Å². The molecule has 1 aromatic carbocycles. The summed E-state index contributed by atoms with van der Waals surface area (Å²) in [6, 6.07) is 6.24. The summed E-state index contributed by atoms with van der Waals surface area (Å²) in [6.07, 6.45) is 0.983. The first-order valence-electron chi connectivity index (χ1n) is 6.42. The van der Waals surface area contributed by atoms with Crippen molar-refractivity contribution in [1.29, 1.82) is 0 Å². The molecule has 0 bridgehead atoms. The maximum absolute atomic E-state index is 11.1. The summed E-state index contributed by atoms with van der Waals surface area (Å²) in [6.45, 7) is 8.60. The highest BCUT2D eigenvalue weighted by atomic mass is 16.4. The van der Waals surface area contributed by atoms with Gasteiger partial charge in [0.05, 0.1) is 0 Å². The van der Waals surface area contributed by atoms with Crippen LogP contribution in [-0.2, 0) is 4.79 Å². The number of para-hydroxylation sites is 1. The fourth-order valence-electron chi connectivity index (χ4n) is 3.15. The van der Waals surface area contributed by atoms with Crippen LogP contribution in [-0.4, -0.2) is 23.2 Å². The molecule has 3 nitrogen and oxygen atoms in total. The van der Waals surface area contributed by atoms with Crippen molar-refractivity contribution in [2.75, 3.05) is 11.4 Å². The topological polar surface area (TPSA) is 40.5 Å². The fraction of sp³-hybridized carbons (Fsp3) is 0.533. The molecule has 2 rings (SSSR count). The summed E-state index contributed by atoms with van der Waals surface area (Å²) in [5.74, 6) is -0.299. The largest absolute Gasteiger partial charge is 0.480 e. The highest BCUT2D eigenvalue weighted by Gasteiger charge is 2.37. The van der Waals surface area contributed by atoms with Gasteiger partial charge in [0, 0.05) is 11.2 Å². The number of aryl methyl sites for hydroxylation is 1. The monoisotopic (exact) mass is 247 g/mol. The van der Waals surface area contributed by atoms with E-state index in [9.17, 15) is 4.79 Å². The minimum absolute atomic E-state index is 0.0670. The van der Waals surface area contributed by atoms with E-state index in [4.69, 9.17) is 5.11 Å². The Morgan fingerprint density at radius 1 is 1.50 bits per heavy atom. The first-order valence-corrected chi connectivity index (χ1v) is 6.42. The molecule has 0 aliphatic carbocycles. The Kier molecular flexibility index (Phi) is 3.09. The highest BCUT2D eigenvalue weighted by Crippen LogP contribution is 2.44. The van der Waals surface area contributed by atoms with Crippen LogP contribution in [0.5, 0.6) is 0 Å². The van der Waals surface area contributed by atoms with E-state index in [2.05, 4.69) is 45.9 Å². The third-order valence-electron chi connectivity index (χ3n) is 3.90. The molecule has 0 spiro atoms. The number of hydrogen-bond acceptors (Lipinski definition) is 2. The molecule has 0 fully saturated rings. The zero-order valence-corrected chi connectivity index (χ0v) is 11.5. The van der Waals surface area contributed by atoms with E-state index in [1.165, 1.54) is 5.56 Å². The van der Waals surface area contributed by atoms with Crippen LogP contribution >= 0.6 is 0 Å². The van der Waals surface area contributed by atoms with Gasteiger partial charge in [0.1, 0.15) is 6.54 Å². The second-order valence-corrected chi connectivity index (χ2v) is 5.91. The lowest BCUT2D eigenvalue weighted by atomic mass is 9.79. The fourth-order valence-corrected chi connectivity index (χ4v) is 3.15. The lowest BCUT2D eigenvalue weighted by molar-refractivity contribution is -0.135. The van der Waals surface area contributed by atoms with Crippen LogP contribution in [0.1, 0.15) is 44.2 Å². The van der Waals surface area contributed by atoms with Crippen molar-refractivity contribution in [3.05, 3.63) is 29.3 Å². The van der Waals surface area contributed by atoms with Crippen LogP contribution in [0, 0.1) is 6.92 Å². The number of fused-ring (bicyclic) bond motifs is 1. The third kappa shape index (κ3) is 2.09. The van der Waals surface area contributed by atoms with Gasteiger partial charge in [-0.15, -0.1) is 0 Å². The first kappa shape index (κ1) is 12.9. The van der Waals surface area contributed by atoms with Crippen molar-refractivity contribution in [2.24, 2.45) is 0 Å². The van der Waals surface area contributed by atoms with Gasteiger partial charge in [0.2, 0.25) is 0 Å². The van der Waals surface area contributed by atoms with Crippen molar-refractivity contribution < 1.29 is 9.90 Å². The number of carboxylic acid groups (broad SMARTS) is 1. The molecule has 1 aromatic rings. The number of carbonyl (C=O) groups is 1. The number of aliphatic carboxylic acids is 1. The minimum Gasteiger partial charge on any atom is -0.480 e. The van der Waals surface area contributed by atoms with Crippen molar-refractivity contribution in [3.63, 3.8) is 0 Å². The summed E-state index contributed by atoms with van der Waals surface area (Å²) < 4.78 is 0. The quantitative estimate of drug-likeness (QED) is 0.872. The van der Waals surface area contributed by atoms with Crippen molar-refractivity contribution in [2.45, 2.75) is 45.6 Å². The van der Waals surface area contributed by atoms with E-state index in [0.29, 0.717) is 5.92 Å². The molecular formula is C15H21NO2. The Morgan fingerprint density at radius 2 is 2.17 bits per heavy atom. The van der Waals surface area contributed by atoms with Gasteiger partial charge < -0.3 is 10.0 Å². The Balaban J connectivity index is 2.56. The number of carboxylic acids is 1. The molecule has 1 aliphatic heterocycles. The summed E-state index contributed by atoms with van der Waals surface area (Å²) in [7, 11) is 0. The predicted molar refractivity (Wildman–Crippen MR) is 73.3 cm³/mol. The molecule has 3 heteroatoms. The SMILES string of the molecule is Cc1cccc2c1N(CC(=O)O)C(C)(C)CC2C. The van der Waals surface area contributed by atoms with Gasteiger partial charge in [0.15, 0.2) is 0 Å². The van der Waals surface area contributed by atoms with Crippen LogP contribution in [0.3, 0.4) is 0 Å². The molecular weight excluding hydrogens is 226 g/mol. The van der Waals surface area contributed by atoms with Gasteiger partial charge in [-0.1, -0.05) is 25.1 Å².